The van der Waals surface area contributed by atoms with Gasteiger partial charge in [-0.3, -0.25) is 0 Å². The molecular formula is C16H16Cl2O. The molecule has 0 saturated heterocycles. The molecule has 1 nitrogen and oxygen atoms in total. The molecule has 0 fully saturated rings. The lowest BCUT2D eigenvalue weighted by atomic mass is 9.99. The molecule has 0 amide bonds. The zero-order valence-electron chi connectivity index (χ0n) is 11.0. The summed E-state index contributed by atoms with van der Waals surface area (Å²) >= 11 is 12.3. The zero-order chi connectivity index (χ0) is 14.0. The highest BCUT2D eigenvalue weighted by Gasteiger charge is 2.14. The number of halogens is 2. The fraction of sp³-hybridized carbons (Fsp3) is 0.250. The van der Waals surface area contributed by atoms with Gasteiger partial charge in [0, 0.05) is 16.5 Å². The fourth-order valence-electron chi connectivity index (χ4n) is 2.04. The van der Waals surface area contributed by atoms with Gasteiger partial charge in [-0.1, -0.05) is 47.5 Å². The Bertz CT molecular complexity index is 593. The maximum Gasteiger partial charge on any atom is 0.0845 e. The molecule has 1 atom stereocenters. The lowest BCUT2D eigenvalue weighted by molar-refractivity contribution is 0.178. The Kier molecular flexibility index (Phi) is 4.51. The lowest BCUT2D eigenvalue weighted by Crippen LogP contribution is -2.03. The van der Waals surface area contributed by atoms with Crippen LogP contribution in [-0.4, -0.2) is 5.11 Å². The summed E-state index contributed by atoms with van der Waals surface area (Å²) in [4.78, 5) is 0. The fourth-order valence-corrected chi connectivity index (χ4v) is 2.71. The maximum absolute atomic E-state index is 10.3. The standard InChI is InChI=1S/C16H16Cl2O/c1-10-3-5-12(14(17)7-10)9-16(19)13-6-4-11(2)8-15(13)18/h3-8,16,19H,9H2,1-2H3. The van der Waals surface area contributed by atoms with E-state index in [0.29, 0.717) is 16.5 Å². The zero-order valence-corrected chi connectivity index (χ0v) is 12.5. The van der Waals surface area contributed by atoms with Crippen molar-refractivity contribution in [1.29, 1.82) is 0 Å². The number of hydrogen-bond acceptors (Lipinski definition) is 1. The smallest absolute Gasteiger partial charge is 0.0845 e. The van der Waals surface area contributed by atoms with E-state index in [-0.39, 0.29) is 0 Å². The van der Waals surface area contributed by atoms with Gasteiger partial charge in [-0.25, -0.2) is 0 Å². The van der Waals surface area contributed by atoms with Gasteiger partial charge in [0.15, 0.2) is 0 Å². The van der Waals surface area contributed by atoms with Crippen molar-refractivity contribution < 1.29 is 5.11 Å². The van der Waals surface area contributed by atoms with Crippen LogP contribution in [0.3, 0.4) is 0 Å². The average molecular weight is 295 g/mol. The van der Waals surface area contributed by atoms with Gasteiger partial charge in [0.25, 0.3) is 0 Å². The van der Waals surface area contributed by atoms with Gasteiger partial charge in [0.2, 0.25) is 0 Å². The molecule has 2 aromatic rings. The second-order valence-corrected chi connectivity index (χ2v) is 5.65. The van der Waals surface area contributed by atoms with Crippen molar-refractivity contribution in [2.45, 2.75) is 26.4 Å². The highest BCUT2D eigenvalue weighted by atomic mass is 35.5. The average Bonchev–Trinajstić information content (AvgIpc) is 2.32. The van der Waals surface area contributed by atoms with E-state index in [4.69, 9.17) is 23.2 Å². The number of aliphatic hydroxyl groups excluding tert-OH is 1. The number of benzene rings is 2. The van der Waals surface area contributed by atoms with Crippen molar-refractivity contribution in [2.75, 3.05) is 0 Å². The molecule has 2 aromatic carbocycles. The van der Waals surface area contributed by atoms with Crippen molar-refractivity contribution in [3.63, 3.8) is 0 Å². The highest BCUT2D eigenvalue weighted by molar-refractivity contribution is 6.31. The first-order valence-electron chi connectivity index (χ1n) is 6.16. The van der Waals surface area contributed by atoms with E-state index >= 15 is 0 Å². The van der Waals surface area contributed by atoms with Crippen LogP contribution in [-0.2, 0) is 6.42 Å². The van der Waals surface area contributed by atoms with E-state index in [0.717, 1.165) is 22.3 Å². The van der Waals surface area contributed by atoms with E-state index in [2.05, 4.69) is 0 Å². The lowest BCUT2D eigenvalue weighted by Gasteiger charge is -2.14. The number of hydrogen-bond donors (Lipinski definition) is 1. The van der Waals surface area contributed by atoms with Crippen LogP contribution < -0.4 is 0 Å². The monoisotopic (exact) mass is 294 g/mol. The van der Waals surface area contributed by atoms with Crippen LogP contribution in [0.1, 0.15) is 28.4 Å². The Labute approximate surface area is 123 Å². The van der Waals surface area contributed by atoms with Crippen LogP contribution in [0.2, 0.25) is 10.0 Å². The Balaban J connectivity index is 2.23. The summed E-state index contributed by atoms with van der Waals surface area (Å²) in [5.74, 6) is 0. The summed E-state index contributed by atoms with van der Waals surface area (Å²) in [6.45, 7) is 3.96. The summed E-state index contributed by atoms with van der Waals surface area (Å²) in [5.41, 5.74) is 3.85. The Morgan fingerprint density at radius 3 is 2.11 bits per heavy atom. The predicted molar refractivity (Wildman–Crippen MR) is 81.0 cm³/mol. The van der Waals surface area contributed by atoms with Crippen molar-refractivity contribution in [3.05, 3.63) is 68.7 Å². The molecule has 0 radical (unpaired) electrons. The van der Waals surface area contributed by atoms with Crippen molar-refractivity contribution >= 4 is 23.2 Å². The molecule has 19 heavy (non-hydrogen) atoms. The second-order valence-electron chi connectivity index (χ2n) is 4.84. The minimum atomic E-state index is -0.645. The first kappa shape index (κ1) is 14.4. The van der Waals surface area contributed by atoms with E-state index in [1.807, 2.05) is 50.2 Å². The Morgan fingerprint density at radius 2 is 1.53 bits per heavy atom. The van der Waals surface area contributed by atoms with Gasteiger partial charge in [-0.15, -0.1) is 0 Å². The summed E-state index contributed by atoms with van der Waals surface area (Å²) in [7, 11) is 0. The molecule has 0 heterocycles. The molecule has 0 spiro atoms. The quantitative estimate of drug-likeness (QED) is 0.855. The summed E-state index contributed by atoms with van der Waals surface area (Å²) in [6.07, 6.45) is -0.185. The topological polar surface area (TPSA) is 20.2 Å². The third-order valence-electron chi connectivity index (χ3n) is 3.14. The summed E-state index contributed by atoms with van der Waals surface area (Å²) in [5, 5.41) is 11.6. The molecule has 0 aliphatic carbocycles. The molecule has 0 aliphatic heterocycles. The largest absolute Gasteiger partial charge is 0.388 e. The van der Waals surface area contributed by atoms with Crippen LogP contribution in [0.25, 0.3) is 0 Å². The molecule has 1 unspecified atom stereocenters. The molecule has 0 bridgehead atoms. The van der Waals surface area contributed by atoms with Gasteiger partial charge in [-0.2, -0.15) is 0 Å². The predicted octanol–water partition coefficient (Wildman–Crippen LogP) is 4.89. The van der Waals surface area contributed by atoms with E-state index < -0.39 is 6.10 Å². The van der Waals surface area contributed by atoms with Crippen molar-refractivity contribution in [1.82, 2.24) is 0 Å². The van der Waals surface area contributed by atoms with E-state index in [9.17, 15) is 5.11 Å². The minimum Gasteiger partial charge on any atom is -0.388 e. The minimum absolute atomic E-state index is 0.460. The van der Waals surface area contributed by atoms with Crippen molar-refractivity contribution in [3.8, 4) is 0 Å². The van der Waals surface area contributed by atoms with Crippen LogP contribution >= 0.6 is 23.2 Å². The van der Waals surface area contributed by atoms with Crippen LogP contribution in [0, 0.1) is 13.8 Å². The molecule has 2 rings (SSSR count). The first-order valence-corrected chi connectivity index (χ1v) is 6.92. The van der Waals surface area contributed by atoms with Crippen LogP contribution in [0.4, 0.5) is 0 Å². The van der Waals surface area contributed by atoms with Gasteiger partial charge < -0.3 is 5.11 Å². The summed E-state index contributed by atoms with van der Waals surface area (Å²) in [6, 6.07) is 11.5. The van der Waals surface area contributed by atoms with Crippen LogP contribution in [0.5, 0.6) is 0 Å². The normalized spacial score (nSPS) is 12.5. The van der Waals surface area contributed by atoms with Gasteiger partial charge >= 0.3 is 0 Å². The Morgan fingerprint density at radius 1 is 0.947 bits per heavy atom. The van der Waals surface area contributed by atoms with E-state index in [1.165, 1.54) is 0 Å². The molecule has 0 saturated carbocycles. The van der Waals surface area contributed by atoms with Gasteiger partial charge in [-0.05, 0) is 48.2 Å². The highest BCUT2D eigenvalue weighted by Crippen LogP contribution is 2.29. The number of aryl methyl sites for hydroxylation is 2. The number of rotatable bonds is 3. The molecule has 100 valence electrons. The summed E-state index contributed by atoms with van der Waals surface area (Å²) < 4.78 is 0. The van der Waals surface area contributed by atoms with Gasteiger partial charge in [0.05, 0.1) is 6.10 Å². The molecule has 0 aliphatic rings. The van der Waals surface area contributed by atoms with Crippen LogP contribution in [0.15, 0.2) is 36.4 Å². The first-order chi connectivity index (χ1) is 8.97. The Hall–Kier alpha value is -1.02. The number of aliphatic hydroxyl groups is 1. The van der Waals surface area contributed by atoms with Gasteiger partial charge in [0.1, 0.15) is 0 Å². The third-order valence-corrected chi connectivity index (χ3v) is 3.82. The SMILES string of the molecule is Cc1ccc(CC(O)c2ccc(C)cc2Cl)c(Cl)c1. The third kappa shape index (κ3) is 3.50. The second kappa shape index (κ2) is 5.96. The molecular weight excluding hydrogens is 279 g/mol. The molecule has 0 aromatic heterocycles. The maximum atomic E-state index is 10.3. The van der Waals surface area contributed by atoms with E-state index in [1.54, 1.807) is 0 Å². The molecule has 1 N–H and O–H groups in total. The van der Waals surface area contributed by atoms with Crippen molar-refractivity contribution in [2.24, 2.45) is 0 Å². The molecule has 3 heteroatoms.